The molecule has 1 amide bonds. The molecule has 0 aliphatic carbocycles. The van der Waals surface area contributed by atoms with Crippen molar-refractivity contribution in [1.29, 1.82) is 0 Å². The largest absolute Gasteiger partial charge is 0.496 e. The third-order valence-electron chi connectivity index (χ3n) is 5.91. The lowest BCUT2D eigenvalue weighted by atomic mass is 10.1. The van der Waals surface area contributed by atoms with E-state index in [9.17, 15) is 14.4 Å². The van der Waals surface area contributed by atoms with E-state index >= 15 is 0 Å². The van der Waals surface area contributed by atoms with E-state index in [1.807, 2.05) is 85.8 Å². The summed E-state index contributed by atoms with van der Waals surface area (Å²) in [7, 11) is 1.56. The fourth-order valence-electron chi connectivity index (χ4n) is 4.03. The highest BCUT2D eigenvalue weighted by molar-refractivity contribution is 6.05. The molecule has 8 nitrogen and oxygen atoms in total. The van der Waals surface area contributed by atoms with Crippen molar-refractivity contribution in [3.05, 3.63) is 128 Å². The Hall–Kier alpha value is -4.85. The molecular formula is C29H28N4O4. The minimum atomic E-state index is -0.738. The zero-order valence-corrected chi connectivity index (χ0v) is 20.7. The Kier molecular flexibility index (Phi) is 7.68. The molecule has 8 heteroatoms. The summed E-state index contributed by atoms with van der Waals surface area (Å²) in [5.74, 6) is 0.0379. The van der Waals surface area contributed by atoms with Gasteiger partial charge >= 0.3 is 5.69 Å². The Morgan fingerprint density at radius 3 is 2.30 bits per heavy atom. The van der Waals surface area contributed by atoms with E-state index in [2.05, 4.69) is 4.98 Å². The topological polar surface area (TPSA) is 110 Å². The van der Waals surface area contributed by atoms with Gasteiger partial charge < -0.3 is 10.5 Å². The molecule has 0 fully saturated rings. The zero-order chi connectivity index (χ0) is 26.4. The first-order valence-electron chi connectivity index (χ1n) is 11.7. The lowest BCUT2D eigenvalue weighted by molar-refractivity contribution is -0.114. The monoisotopic (exact) mass is 496 g/mol. The van der Waals surface area contributed by atoms with Crippen molar-refractivity contribution < 1.29 is 9.53 Å². The number of carbonyl (C=O) groups is 1. The smallest absolute Gasteiger partial charge is 0.330 e. The summed E-state index contributed by atoms with van der Waals surface area (Å²) in [6, 6.07) is 24.1. The van der Waals surface area contributed by atoms with Crippen LogP contribution < -0.4 is 26.6 Å². The number of aromatic nitrogens is 2. The average molecular weight is 497 g/mol. The van der Waals surface area contributed by atoms with Gasteiger partial charge in [-0.3, -0.25) is 24.0 Å². The molecule has 0 unspecified atom stereocenters. The Bertz CT molecular complexity index is 1540. The molecule has 0 saturated heterocycles. The summed E-state index contributed by atoms with van der Waals surface area (Å²) >= 11 is 0. The number of nitrogens with two attached hydrogens (primary N) is 1. The van der Waals surface area contributed by atoms with Gasteiger partial charge in [0.15, 0.2) is 5.69 Å². The number of anilines is 2. The molecule has 3 aromatic carbocycles. The molecule has 4 aromatic rings. The molecule has 0 aliphatic heterocycles. The number of benzene rings is 3. The van der Waals surface area contributed by atoms with E-state index in [0.29, 0.717) is 11.3 Å². The van der Waals surface area contributed by atoms with E-state index < -0.39 is 17.2 Å². The van der Waals surface area contributed by atoms with E-state index in [-0.39, 0.29) is 24.6 Å². The first kappa shape index (κ1) is 25.2. The molecule has 188 valence electrons. The van der Waals surface area contributed by atoms with Crippen molar-refractivity contribution in [1.82, 2.24) is 9.55 Å². The molecule has 0 bridgehead atoms. The first-order valence-corrected chi connectivity index (χ1v) is 11.7. The zero-order valence-electron chi connectivity index (χ0n) is 20.7. The first-order chi connectivity index (χ1) is 17.9. The predicted octanol–water partition coefficient (Wildman–Crippen LogP) is 3.73. The number of hydrogen-bond acceptors (Lipinski definition) is 5. The molecular weight excluding hydrogens is 468 g/mol. The molecule has 0 radical (unpaired) electrons. The summed E-state index contributed by atoms with van der Waals surface area (Å²) < 4.78 is 6.66. The number of methoxy groups -OCH3 is 1. The van der Waals surface area contributed by atoms with Crippen LogP contribution in [0.5, 0.6) is 5.75 Å². The van der Waals surface area contributed by atoms with Crippen LogP contribution in [0.25, 0.3) is 6.08 Å². The second-order valence-corrected chi connectivity index (χ2v) is 8.55. The standard InChI is InChI=1S/C29H28N4O4/c1-20-13-15-24(37-2)23(17-20)14-16-25(34)32(18-21-9-5-3-6-10-21)26-27(30)33(29(36)31-28(26)35)19-22-11-7-4-8-12-22/h3-17H,18-19,30H2,1-2H3,(H,31,35,36). The second-order valence-electron chi connectivity index (χ2n) is 8.55. The van der Waals surface area contributed by atoms with E-state index in [1.54, 1.807) is 13.2 Å². The predicted molar refractivity (Wildman–Crippen MR) is 146 cm³/mol. The highest BCUT2D eigenvalue weighted by atomic mass is 16.5. The molecule has 0 aliphatic rings. The quantitative estimate of drug-likeness (QED) is 0.361. The molecule has 3 N–H and O–H groups in total. The Morgan fingerprint density at radius 1 is 1.00 bits per heavy atom. The van der Waals surface area contributed by atoms with Gasteiger partial charge in [-0.2, -0.15) is 0 Å². The number of nitrogens with one attached hydrogen (secondary N) is 1. The number of nitrogens with zero attached hydrogens (tertiary/aromatic N) is 2. The van der Waals surface area contributed by atoms with E-state index in [0.717, 1.165) is 16.7 Å². The Balaban J connectivity index is 1.79. The fraction of sp³-hybridized carbons (Fsp3) is 0.138. The maximum Gasteiger partial charge on any atom is 0.330 e. The van der Waals surface area contributed by atoms with Gasteiger partial charge in [-0.25, -0.2) is 4.79 Å². The summed E-state index contributed by atoms with van der Waals surface area (Å²) in [5, 5.41) is 0. The van der Waals surface area contributed by atoms with Crippen LogP contribution in [0.3, 0.4) is 0 Å². The SMILES string of the molecule is COc1ccc(C)cc1C=CC(=O)N(Cc1ccccc1)c1c(N)n(Cc2ccccc2)c(=O)[nH]c1=O. The van der Waals surface area contributed by atoms with Crippen LogP contribution in [0.1, 0.15) is 22.3 Å². The van der Waals surface area contributed by atoms with Gasteiger partial charge in [0.1, 0.15) is 11.6 Å². The summed E-state index contributed by atoms with van der Waals surface area (Å²) in [6.45, 7) is 2.15. The van der Waals surface area contributed by atoms with Gasteiger partial charge in [0.25, 0.3) is 11.5 Å². The van der Waals surface area contributed by atoms with Gasteiger partial charge in [-0.05, 0) is 36.3 Å². The highest BCUT2D eigenvalue weighted by Gasteiger charge is 2.23. The summed E-state index contributed by atoms with van der Waals surface area (Å²) in [6.07, 6.45) is 3.00. The van der Waals surface area contributed by atoms with Crippen LogP contribution in [-0.4, -0.2) is 22.6 Å². The van der Waals surface area contributed by atoms with Crippen molar-refractivity contribution >= 4 is 23.5 Å². The molecule has 1 aromatic heterocycles. The minimum Gasteiger partial charge on any atom is -0.496 e. The van der Waals surface area contributed by atoms with E-state index in [4.69, 9.17) is 10.5 Å². The van der Waals surface area contributed by atoms with Gasteiger partial charge in [0.2, 0.25) is 0 Å². The molecule has 0 atom stereocenters. The van der Waals surface area contributed by atoms with Crippen molar-refractivity contribution in [2.24, 2.45) is 0 Å². The minimum absolute atomic E-state index is 0.0752. The number of aromatic amines is 1. The number of aryl methyl sites for hydroxylation is 1. The maximum absolute atomic E-state index is 13.6. The number of nitrogen functional groups attached to an aromatic ring is 1. The molecule has 37 heavy (non-hydrogen) atoms. The van der Waals surface area contributed by atoms with Crippen LogP contribution in [0.15, 0.2) is 94.5 Å². The number of carbonyl (C=O) groups excluding carboxylic acids is 1. The van der Waals surface area contributed by atoms with E-state index in [1.165, 1.54) is 15.5 Å². The average Bonchev–Trinajstić information content (AvgIpc) is 2.90. The van der Waals surface area contributed by atoms with Gasteiger partial charge in [-0.1, -0.05) is 72.3 Å². The number of hydrogen-bond donors (Lipinski definition) is 2. The third-order valence-corrected chi connectivity index (χ3v) is 5.91. The Morgan fingerprint density at radius 2 is 1.65 bits per heavy atom. The lowest BCUT2D eigenvalue weighted by Gasteiger charge is -2.23. The van der Waals surface area contributed by atoms with Crippen molar-refractivity contribution in [3.8, 4) is 5.75 Å². The normalized spacial score (nSPS) is 11.0. The Labute approximate surface area is 214 Å². The third kappa shape index (κ3) is 5.87. The number of H-pyrrole nitrogens is 1. The van der Waals surface area contributed by atoms with Gasteiger partial charge in [0.05, 0.1) is 20.2 Å². The van der Waals surface area contributed by atoms with Crippen molar-refractivity contribution in [2.75, 3.05) is 17.7 Å². The van der Waals surface area contributed by atoms with Gasteiger partial charge in [0, 0.05) is 11.6 Å². The fourth-order valence-corrected chi connectivity index (χ4v) is 4.03. The highest BCUT2D eigenvalue weighted by Crippen LogP contribution is 2.23. The maximum atomic E-state index is 13.6. The molecule has 4 rings (SSSR count). The second kappa shape index (κ2) is 11.3. The number of ether oxygens (including phenoxy) is 1. The van der Waals surface area contributed by atoms with Gasteiger partial charge in [-0.15, -0.1) is 0 Å². The molecule has 1 heterocycles. The van der Waals surface area contributed by atoms with Crippen LogP contribution >= 0.6 is 0 Å². The van der Waals surface area contributed by atoms with Crippen molar-refractivity contribution in [3.63, 3.8) is 0 Å². The number of amides is 1. The van der Waals surface area contributed by atoms with Crippen LogP contribution in [0.4, 0.5) is 11.5 Å². The summed E-state index contributed by atoms with van der Waals surface area (Å²) in [5.41, 5.74) is 8.25. The molecule has 0 saturated carbocycles. The summed E-state index contributed by atoms with van der Waals surface area (Å²) in [4.78, 5) is 42.9. The van der Waals surface area contributed by atoms with Crippen LogP contribution in [-0.2, 0) is 17.9 Å². The van der Waals surface area contributed by atoms with Crippen molar-refractivity contribution in [2.45, 2.75) is 20.0 Å². The lowest BCUT2D eigenvalue weighted by Crippen LogP contribution is -2.40. The molecule has 0 spiro atoms. The number of rotatable bonds is 8. The van der Waals surface area contributed by atoms with Crippen LogP contribution in [0.2, 0.25) is 0 Å². The van der Waals surface area contributed by atoms with Crippen LogP contribution in [0, 0.1) is 6.92 Å².